The van der Waals surface area contributed by atoms with E-state index in [2.05, 4.69) is 10.3 Å². The summed E-state index contributed by atoms with van der Waals surface area (Å²) in [5.41, 5.74) is 1.49. The Labute approximate surface area is 115 Å². The Morgan fingerprint density at radius 2 is 2.15 bits per heavy atom. The predicted molar refractivity (Wildman–Crippen MR) is 72.5 cm³/mol. The van der Waals surface area contributed by atoms with Crippen LogP contribution in [0.5, 0.6) is 5.75 Å². The van der Waals surface area contributed by atoms with Crippen LogP contribution in [0.3, 0.4) is 0 Å². The van der Waals surface area contributed by atoms with Gasteiger partial charge in [0.05, 0.1) is 17.5 Å². The Morgan fingerprint density at radius 3 is 2.80 bits per heavy atom. The molecule has 1 fully saturated rings. The van der Waals surface area contributed by atoms with Gasteiger partial charge in [-0.05, 0) is 18.6 Å². The highest BCUT2D eigenvalue weighted by molar-refractivity contribution is 5.85. The molecule has 0 amide bonds. The third-order valence-electron chi connectivity index (χ3n) is 3.87. The number of fused-ring (bicyclic) bond motifs is 1. The third-order valence-corrected chi connectivity index (χ3v) is 3.87. The van der Waals surface area contributed by atoms with Crippen molar-refractivity contribution in [3.63, 3.8) is 0 Å². The number of nitrogens with one attached hydrogen (secondary N) is 2. The Hall–Kier alpha value is -2.05. The molecule has 3 unspecified atom stereocenters. The van der Waals surface area contributed by atoms with Gasteiger partial charge in [-0.1, -0.05) is 12.1 Å². The van der Waals surface area contributed by atoms with Crippen molar-refractivity contribution in [2.45, 2.75) is 18.6 Å². The molecule has 1 aliphatic rings. The van der Waals surface area contributed by atoms with Crippen molar-refractivity contribution in [3.05, 3.63) is 30.0 Å². The SMILES string of the molecule is O=C(O)C1CNC(c2cc3cccc(O)c3[nH]2)CC1O. The lowest BCUT2D eigenvalue weighted by atomic mass is 9.90. The number of hydrogen-bond donors (Lipinski definition) is 5. The minimum atomic E-state index is -0.988. The van der Waals surface area contributed by atoms with Gasteiger partial charge >= 0.3 is 5.97 Å². The number of rotatable bonds is 2. The number of benzene rings is 1. The van der Waals surface area contributed by atoms with Gasteiger partial charge in [-0.15, -0.1) is 0 Å². The maximum Gasteiger partial charge on any atom is 0.310 e. The lowest BCUT2D eigenvalue weighted by Gasteiger charge is -2.31. The molecule has 3 rings (SSSR count). The van der Waals surface area contributed by atoms with Gasteiger partial charge in [0, 0.05) is 23.7 Å². The molecule has 106 valence electrons. The summed E-state index contributed by atoms with van der Waals surface area (Å²) in [4.78, 5) is 14.1. The molecule has 1 saturated heterocycles. The minimum absolute atomic E-state index is 0.146. The summed E-state index contributed by atoms with van der Waals surface area (Å²) in [7, 11) is 0. The molecule has 3 atom stereocenters. The number of carboxylic acids is 1. The van der Waals surface area contributed by atoms with Crippen LogP contribution in [0, 0.1) is 5.92 Å². The lowest BCUT2D eigenvalue weighted by Crippen LogP contribution is -2.45. The van der Waals surface area contributed by atoms with Gasteiger partial charge in [0.25, 0.3) is 0 Å². The molecule has 6 nitrogen and oxygen atoms in total. The summed E-state index contributed by atoms with van der Waals surface area (Å²) in [5.74, 6) is -1.59. The molecule has 0 saturated carbocycles. The normalized spacial score (nSPS) is 26.8. The first kappa shape index (κ1) is 13.0. The van der Waals surface area contributed by atoms with Crippen molar-refractivity contribution in [1.29, 1.82) is 0 Å². The van der Waals surface area contributed by atoms with Crippen LogP contribution in [0.2, 0.25) is 0 Å². The van der Waals surface area contributed by atoms with E-state index in [-0.39, 0.29) is 18.3 Å². The Morgan fingerprint density at radius 1 is 1.35 bits per heavy atom. The average Bonchev–Trinajstić information content (AvgIpc) is 2.83. The van der Waals surface area contributed by atoms with Gasteiger partial charge in [0.15, 0.2) is 0 Å². The highest BCUT2D eigenvalue weighted by atomic mass is 16.4. The van der Waals surface area contributed by atoms with Crippen molar-refractivity contribution < 1.29 is 20.1 Å². The van der Waals surface area contributed by atoms with Crippen LogP contribution in [0.4, 0.5) is 0 Å². The van der Waals surface area contributed by atoms with Gasteiger partial charge in [-0.2, -0.15) is 0 Å². The van der Waals surface area contributed by atoms with Crippen molar-refractivity contribution in [2.75, 3.05) is 6.54 Å². The van der Waals surface area contributed by atoms with Crippen LogP contribution in [0.1, 0.15) is 18.2 Å². The Bertz CT molecular complexity index is 652. The van der Waals surface area contributed by atoms with Gasteiger partial charge < -0.3 is 25.6 Å². The zero-order valence-electron chi connectivity index (χ0n) is 10.7. The smallest absolute Gasteiger partial charge is 0.310 e. The van der Waals surface area contributed by atoms with Crippen LogP contribution in [0.15, 0.2) is 24.3 Å². The molecule has 6 heteroatoms. The highest BCUT2D eigenvalue weighted by Gasteiger charge is 2.34. The maximum absolute atomic E-state index is 11.0. The number of aromatic nitrogens is 1. The number of piperidine rings is 1. The number of phenols is 1. The first-order chi connectivity index (χ1) is 9.56. The standard InChI is InChI=1S/C14H16N2O4/c17-11-3-1-2-7-4-10(16-13(7)11)9-5-12(18)8(6-15-9)14(19)20/h1-4,8-9,12,15-18H,5-6H2,(H,19,20). The number of H-pyrrole nitrogens is 1. The van der Waals surface area contributed by atoms with Crippen molar-refractivity contribution >= 4 is 16.9 Å². The number of phenolic OH excluding ortho intramolecular Hbond substituents is 1. The average molecular weight is 276 g/mol. The monoisotopic (exact) mass is 276 g/mol. The Balaban J connectivity index is 1.86. The van der Waals surface area contributed by atoms with Crippen molar-refractivity contribution in [2.24, 2.45) is 5.92 Å². The number of carbonyl (C=O) groups is 1. The summed E-state index contributed by atoms with van der Waals surface area (Å²) in [6.07, 6.45) is -0.552. The number of aromatic hydroxyl groups is 1. The van der Waals surface area contributed by atoms with Gasteiger partial charge in [0.2, 0.25) is 0 Å². The third kappa shape index (κ3) is 2.13. The summed E-state index contributed by atoms with van der Waals surface area (Å²) < 4.78 is 0. The van der Waals surface area contributed by atoms with Crippen LogP contribution >= 0.6 is 0 Å². The zero-order chi connectivity index (χ0) is 14.3. The molecule has 0 radical (unpaired) electrons. The summed E-state index contributed by atoms with van der Waals surface area (Å²) >= 11 is 0. The second-order valence-electron chi connectivity index (χ2n) is 5.17. The van der Waals surface area contributed by atoms with E-state index in [1.807, 2.05) is 12.1 Å². The van der Waals surface area contributed by atoms with Crippen LogP contribution in [-0.2, 0) is 4.79 Å². The number of aliphatic hydroxyl groups excluding tert-OH is 1. The minimum Gasteiger partial charge on any atom is -0.506 e. The van der Waals surface area contributed by atoms with E-state index in [9.17, 15) is 15.0 Å². The molecular weight excluding hydrogens is 260 g/mol. The van der Waals surface area contributed by atoms with E-state index in [1.54, 1.807) is 12.1 Å². The molecule has 1 aromatic carbocycles. The first-order valence-corrected chi connectivity index (χ1v) is 6.51. The predicted octanol–water partition coefficient (Wildman–Crippen LogP) is 0.970. The fraction of sp³-hybridized carbons (Fsp3) is 0.357. The van der Waals surface area contributed by atoms with Gasteiger partial charge in [-0.25, -0.2) is 0 Å². The first-order valence-electron chi connectivity index (χ1n) is 6.51. The zero-order valence-corrected chi connectivity index (χ0v) is 10.7. The molecule has 0 bridgehead atoms. The molecule has 1 aliphatic heterocycles. The molecule has 0 aliphatic carbocycles. The quantitative estimate of drug-likeness (QED) is 0.562. The summed E-state index contributed by atoms with van der Waals surface area (Å²) in [5, 5.41) is 32.7. The van der Waals surface area contributed by atoms with Crippen molar-refractivity contribution in [3.8, 4) is 5.75 Å². The van der Waals surface area contributed by atoms with Crippen LogP contribution in [0.25, 0.3) is 10.9 Å². The van der Waals surface area contributed by atoms with E-state index in [0.29, 0.717) is 11.9 Å². The topological polar surface area (TPSA) is 106 Å². The maximum atomic E-state index is 11.0. The molecule has 0 spiro atoms. The van der Waals surface area contributed by atoms with Crippen molar-refractivity contribution in [1.82, 2.24) is 10.3 Å². The number of aliphatic carboxylic acids is 1. The van der Waals surface area contributed by atoms with Gasteiger partial charge in [-0.3, -0.25) is 4.79 Å². The second kappa shape index (κ2) is 4.81. The summed E-state index contributed by atoms with van der Waals surface area (Å²) in [6, 6.07) is 7.01. The lowest BCUT2D eigenvalue weighted by molar-refractivity contribution is -0.147. The number of aliphatic hydroxyl groups is 1. The second-order valence-corrected chi connectivity index (χ2v) is 5.17. The molecule has 2 aromatic rings. The van der Waals surface area contributed by atoms with E-state index in [1.165, 1.54) is 0 Å². The number of carboxylic acid groups (broad SMARTS) is 1. The summed E-state index contributed by atoms with van der Waals surface area (Å²) in [6.45, 7) is 0.225. The molecule has 20 heavy (non-hydrogen) atoms. The van der Waals surface area contributed by atoms with Crippen LogP contribution in [-0.4, -0.2) is 38.9 Å². The van der Waals surface area contributed by atoms with E-state index in [4.69, 9.17) is 5.11 Å². The molecular formula is C14H16N2O4. The highest BCUT2D eigenvalue weighted by Crippen LogP contribution is 2.31. The Kier molecular flexibility index (Phi) is 3.11. The van der Waals surface area contributed by atoms with Gasteiger partial charge in [0.1, 0.15) is 5.75 Å². The molecule has 5 N–H and O–H groups in total. The molecule has 1 aromatic heterocycles. The largest absolute Gasteiger partial charge is 0.506 e. The fourth-order valence-corrected chi connectivity index (χ4v) is 2.73. The number of hydrogen-bond acceptors (Lipinski definition) is 4. The fourth-order valence-electron chi connectivity index (χ4n) is 2.73. The van der Waals surface area contributed by atoms with E-state index < -0.39 is 18.0 Å². The molecule has 2 heterocycles. The number of para-hydroxylation sites is 1. The van der Waals surface area contributed by atoms with E-state index in [0.717, 1.165) is 11.1 Å². The van der Waals surface area contributed by atoms with Crippen LogP contribution < -0.4 is 5.32 Å². The number of aromatic amines is 1. The van der Waals surface area contributed by atoms with E-state index >= 15 is 0 Å².